The molecular weight excluding hydrogens is 150 g/mol. The third-order valence-corrected chi connectivity index (χ3v) is 2.62. The molecule has 70 valence electrons. The molecule has 1 saturated carbocycles. The summed E-state index contributed by atoms with van der Waals surface area (Å²) in [5.41, 5.74) is 0. The zero-order valence-corrected chi connectivity index (χ0v) is 8.10. The van der Waals surface area contributed by atoms with Crippen LogP contribution in [0.3, 0.4) is 0 Å². The zero-order valence-electron chi connectivity index (χ0n) is 8.10. The Morgan fingerprint density at radius 2 is 2.25 bits per heavy atom. The van der Waals surface area contributed by atoms with Crippen LogP contribution >= 0.6 is 0 Å². The summed E-state index contributed by atoms with van der Waals surface area (Å²) >= 11 is 0. The van der Waals surface area contributed by atoms with E-state index in [2.05, 4.69) is 12.2 Å². The Kier molecular flexibility index (Phi) is 3.57. The summed E-state index contributed by atoms with van der Waals surface area (Å²) in [5, 5.41) is 3.06. The molecule has 2 heteroatoms. The lowest BCUT2D eigenvalue weighted by Crippen LogP contribution is -2.37. The van der Waals surface area contributed by atoms with Gasteiger partial charge in [-0.2, -0.15) is 0 Å². The number of hydrogen-bond donors (Lipinski definition) is 1. The van der Waals surface area contributed by atoms with E-state index in [0.717, 1.165) is 5.92 Å². The third-order valence-electron chi connectivity index (χ3n) is 2.62. The highest BCUT2D eigenvalue weighted by Gasteiger charge is 2.19. The fourth-order valence-electron chi connectivity index (χ4n) is 1.89. The van der Waals surface area contributed by atoms with Crippen LogP contribution in [0.5, 0.6) is 0 Å². The summed E-state index contributed by atoms with van der Waals surface area (Å²) in [6, 6.07) is 0.459. The van der Waals surface area contributed by atoms with E-state index in [-0.39, 0.29) is 5.91 Å². The molecule has 0 aliphatic heterocycles. The number of carbonyl (C=O) groups excluding carboxylic acids is 1. The van der Waals surface area contributed by atoms with E-state index in [1.54, 1.807) is 0 Å². The second-order valence-electron chi connectivity index (χ2n) is 3.89. The van der Waals surface area contributed by atoms with Crippen molar-refractivity contribution in [2.75, 3.05) is 0 Å². The van der Waals surface area contributed by atoms with Crippen molar-refractivity contribution in [3.63, 3.8) is 0 Å². The van der Waals surface area contributed by atoms with Crippen LogP contribution in [-0.4, -0.2) is 11.9 Å². The summed E-state index contributed by atoms with van der Waals surface area (Å²) < 4.78 is 0. The quantitative estimate of drug-likeness (QED) is 0.673. The van der Waals surface area contributed by atoms with Crippen molar-refractivity contribution in [1.29, 1.82) is 0 Å². The van der Waals surface area contributed by atoms with Crippen LogP contribution < -0.4 is 5.32 Å². The molecule has 0 heterocycles. The van der Waals surface area contributed by atoms with Gasteiger partial charge in [-0.3, -0.25) is 4.79 Å². The topological polar surface area (TPSA) is 29.1 Å². The van der Waals surface area contributed by atoms with E-state index < -0.39 is 0 Å². The maximum atomic E-state index is 11.1. The average molecular weight is 169 g/mol. The summed E-state index contributed by atoms with van der Waals surface area (Å²) in [4.78, 5) is 11.1. The molecule has 0 saturated heterocycles. The average Bonchev–Trinajstić information content (AvgIpc) is 2.04. The Labute approximate surface area is 74.7 Å². The Hall–Kier alpha value is -0.530. The van der Waals surface area contributed by atoms with E-state index in [1.807, 2.05) is 6.92 Å². The third kappa shape index (κ3) is 2.84. The minimum absolute atomic E-state index is 0.203. The van der Waals surface area contributed by atoms with Crippen LogP contribution in [-0.2, 0) is 4.79 Å². The smallest absolute Gasteiger partial charge is 0.219 e. The van der Waals surface area contributed by atoms with E-state index in [4.69, 9.17) is 0 Å². The molecule has 1 aliphatic carbocycles. The molecule has 0 radical (unpaired) electrons. The SMILES string of the molecule is CCC(=O)N[C@@H]1CCCC(C)C1. The molecule has 2 atom stereocenters. The van der Waals surface area contributed by atoms with Crippen molar-refractivity contribution >= 4 is 5.91 Å². The van der Waals surface area contributed by atoms with Crippen molar-refractivity contribution in [2.45, 2.75) is 52.0 Å². The molecule has 0 bridgehead atoms. The second kappa shape index (κ2) is 4.48. The standard InChI is InChI=1S/C10H19NO/c1-3-10(12)11-9-6-4-5-8(2)7-9/h8-9H,3-7H2,1-2H3,(H,11,12)/t8?,9-/m1/s1. The van der Waals surface area contributed by atoms with Gasteiger partial charge in [0.1, 0.15) is 0 Å². The number of carbonyl (C=O) groups is 1. The minimum atomic E-state index is 0.203. The Bertz CT molecular complexity index is 156. The van der Waals surface area contributed by atoms with Gasteiger partial charge in [0.2, 0.25) is 5.91 Å². The Morgan fingerprint density at radius 3 is 2.83 bits per heavy atom. The van der Waals surface area contributed by atoms with Gasteiger partial charge in [0.15, 0.2) is 0 Å². The maximum Gasteiger partial charge on any atom is 0.219 e. The second-order valence-corrected chi connectivity index (χ2v) is 3.89. The van der Waals surface area contributed by atoms with Crippen molar-refractivity contribution in [1.82, 2.24) is 5.32 Å². The fraction of sp³-hybridized carbons (Fsp3) is 0.900. The maximum absolute atomic E-state index is 11.1. The molecule has 0 spiro atoms. The van der Waals surface area contributed by atoms with Crippen LogP contribution in [0.25, 0.3) is 0 Å². The highest BCUT2D eigenvalue weighted by atomic mass is 16.1. The molecule has 0 aromatic carbocycles. The van der Waals surface area contributed by atoms with E-state index in [0.29, 0.717) is 12.5 Å². The Morgan fingerprint density at radius 1 is 1.50 bits per heavy atom. The lowest BCUT2D eigenvalue weighted by Gasteiger charge is -2.27. The molecule has 1 aliphatic rings. The molecule has 12 heavy (non-hydrogen) atoms. The predicted molar refractivity (Wildman–Crippen MR) is 49.9 cm³/mol. The first-order valence-electron chi connectivity index (χ1n) is 5.01. The summed E-state index contributed by atoms with van der Waals surface area (Å²) in [6.07, 6.45) is 5.57. The van der Waals surface area contributed by atoms with Gasteiger partial charge in [0.05, 0.1) is 0 Å². The van der Waals surface area contributed by atoms with Crippen molar-refractivity contribution < 1.29 is 4.79 Å². The number of amides is 1. The molecule has 1 rings (SSSR count). The van der Waals surface area contributed by atoms with E-state index in [1.165, 1.54) is 25.7 Å². The van der Waals surface area contributed by atoms with Crippen LogP contribution in [0.4, 0.5) is 0 Å². The zero-order chi connectivity index (χ0) is 8.97. The highest BCUT2D eigenvalue weighted by Crippen LogP contribution is 2.23. The van der Waals surface area contributed by atoms with Gasteiger partial charge in [0, 0.05) is 12.5 Å². The first-order valence-corrected chi connectivity index (χ1v) is 5.01. The molecule has 0 aromatic rings. The first-order chi connectivity index (χ1) is 5.72. The summed E-state index contributed by atoms with van der Waals surface area (Å²) in [6.45, 7) is 4.17. The largest absolute Gasteiger partial charge is 0.353 e. The molecule has 1 fully saturated rings. The number of hydrogen-bond acceptors (Lipinski definition) is 1. The van der Waals surface area contributed by atoms with E-state index in [9.17, 15) is 4.79 Å². The lowest BCUT2D eigenvalue weighted by atomic mass is 9.87. The molecule has 1 amide bonds. The Balaban J connectivity index is 2.27. The number of rotatable bonds is 2. The molecule has 2 nitrogen and oxygen atoms in total. The highest BCUT2D eigenvalue weighted by molar-refractivity contribution is 5.75. The van der Waals surface area contributed by atoms with Gasteiger partial charge in [0.25, 0.3) is 0 Å². The monoisotopic (exact) mass is 169 g/mol. The van der Waals surface area contributed by atoms with Gasteiger partial charge >= 0.3 is 0 Å². The predicted octanol–water partition coefficient (Wildman–Crippen LogP) is 2.09. The van der Waals surface area contributed by atoms with Crippen LogP contribution in [0, 0.1) is 5.92 Å². The molecular formula is C10H19NO. The van der Waals surface area contributed by atoms with Crippen molar-refractivity contribution in [2.24, 2.45) is 5.92 Å². The molecule has 1 N–H and O–H groups in total. The van der Waals surface area contributed by atoms with E-state index >= 15 is 0 Å². The molecule has 0 aromatic heterocycles. The summed E-state index contributed by atoms with van der Waals surface area (Å²) in [7, 11) is 0. The van der Waals surface area contributed by atoms with Crippen LogP contribution in [0.1, 0.15) is 46.0 Å². The van der Waals surface area contributed by atoms with Gasteiger partial charge < -0.3 is 5.32 Å². The van der Waals surface area contributed by atoms with Crippen molar-refractivity contribution in [3.8, 4) is 0 Å². The minimum Gasteiger partial charge on any atom is -0.353 e. The van der Waals surface area contributed by atoms with Crippen LogP contribution in [0.15, 0.2) is 0 Å². The normalized spacial score (nSPS) is 29.8. The lowest BCUT2D eigenvalue weighted by molar-refractivity contribution is -0.121. The van der Waals surface area contributed by atoms with Crippen LogP contribution in [0.2, 0.25) is 0 Å². The number of nitrogens with one attached hydrogen (secondary N) is 1. The van der Waals surface area contributed by atoms with Gasteiger partial charge in [-0.15, -0.1) is 0 Å². The van der Waals surface area contributed by atoms with Crippen molar-refractivity contribution in [3.05, 3.63) is 0 Å². The van der Waals surface area contributed by atoms with Gasteiger partial charge in [-0.1, -0.05) is 26.7 Å². The van der Waals surface area contributed by atoms with Gasteiger partial charge in [-0.05, 0) is 18.8 Å². The summed E-state index contributed by atoms with van der Waals surface area (Å²) in [5.74, 6) is 0.995. The van der Waals surface area contributed by atoms with Gasteiger partial charge in [-0.25, -0.2) is 0 Å². The first kappa shape index (κ1) is 9.56. The molecule has 1 unspecified atom stereocenters. The fourth-order valence-corrected chi connectivity index (χ4v) is 1.89.